The van der Waals surface area contributed by atoms with Gasteiger partial charge in [-0.2, -0.15) is 0 Å². The lowest BCUT2D eigenvalue weighted by molar-refractivity contribution is 0.486. The molecule has 16 rings (SSSR count). The quantitative estimate of drug-likeness (QED) is 0.0898. The second-order valence-corrected chi connectivity index (χ2v) is 25.3. The molecule has 87 heavy (non-hydrogen) atoms. The fourth-order valence-corrected chi connectivity index (χ4v) is 14.7. The first-order valence-electron chi connectivity index (χ1n) is 31.4. The van der Waals surface area contributed by atoms with Crippen LogP contribution < -0.4 is 30.9 Å². The predicted octanol–water partition coefficient (Wildman–Crippen LogP) is 20.0. The molecular formula is C82H68BN3O. The van der Waals surface area contributed by atoms with Gasteiger partial charge in [-0.3, -0.25) is 0 Å². The van der Waals surface area contributed by atoms with Crippen LogP contribution in [0.5, 0.6) is 11.5 Å². The molecule has 0 amide bonds. The topological polar surface area (TPSA) is 20.6 Å². The number of hydrogen-bond donors (Lipinski definition) is 0. The van der Waals surface area contributed by atoms with E-state index in [9.17, 15) is 0 Å². The Labute approximate surface area is 512 Å². The number of fused-ring (bicyclic) bond motifs is 10. The summed E-state index contributed by atoms with van der Waals surface area (Å²) in [6.07, 6.45) is 14.9. The van der Waals surface area contributed by atoms with Crippen molar-refractivity contribution in [2.75, 3.05) is 9.80 Å². The summed E-state index contributed by atoms with van der Waals surface area (Å²) in [6, 6.07) is 91.4. The number of allylic oxidation sites excluding steroid dienone is 2. The number of aromatic nitrogens is 1. The lowest BCUT2D eigenvalue weighted by Gasteiger charge is -2.43. The van der Waals surface area contributed by atoms with Crippen LogP contribution in [0.3, 0.4) is 0 Å². The fourth-order valence-electron chi connectivity index (χ4n) is 14.7. The zero-order valence-corrected chi connectivity index (χ0v) is 49.9. The van der Waals surface area contributed by atoms with Crippen molar-refractivity contribution in [2.45, 2.75) is 77.2 Å². The van der Waals surface area contributed by atoms with Gasteiger partial charge in [-0.05, 0) is 145 Å². The third kappa shape index (κ3) is 8.97. The summed E-state index contributed by atoms with van der Waals surface area (Å²) in [6.45, 7) is 9.24. The van der Waals surface area contributed by atoms with Crippen molar-refractivity contribution in [3.8, 4) is 61.7 Å². The normalized spacial score (nSPS) is 15.3. The highest BCUT2D eigenvalue weighted by molar-refractivity contribution is 6.99. The molecule has 2 atom stereocenters. The first-order chi connectivity index (χ1) is 42.8. The van der Waals surface area contributed by atoms with Crippen LogP contribution in [0.25, 0.3) is 72.0 Å². The van der Waals surface area contributed by atoms with Crippen molar-refractivity contribution in [1.82, 2.24) is 4.57 Å². The highest BCUT2D eigenvalue weighted by Crippen LogP contribution is 2.54. The van der Waals surface area contributed by atoms with E-state index in [0.717, 1.165) is 52.5 Å². The molecule has 420 valence electrons. The van der Waals surface area contributed by atoms with E-state index in [0.29, 0.717) is 0 Å². The highest BCUT2D eigenvalue weighted by atomic mass is 16.5. The molecule has 0 spiro atoms. The minimum absolute atomic E-state index is 0.127. The van der Waals surface area contributed by atoms with Crippen LogP contribution in [0.1, 0.15) is 76.0 Å². The van der Waals surface area contributed by atoms with Gasteiger partial charge in [-0.25, -0.2) is 0 Å². The van der Waals surface area contributed by atoms with Gasteiger partial charge in [0.15, 0.2) is 0 Å². The minimum Gasteiger partial charge on any atom is -0.458 e. The van der Waals surface area contributed by atoms with Crippen molar-refractivity contribution in [2.24, 2.45) is 0 Å². The zero-order chi connectivity index (χ0) is 58.3. The largest absolute Gasteiger partial charge is 0.458 e. The van der Waals surface area contributed by atoms with Crippen LogP contribution in [0.15, 0.2) is 267 Å². The summed E-state index contributed by atoms with van der Waals surface area (Å²) >= 11 is 0. The average Bonchev–Trinajstić information content (AvgIpc) is 1.18. The fraction of sp³-hybridized carbons (Fsp3) is 0.146. The second-order valence-electron chi connectivity index (χ2n) is 25.3. The van der Waals surface area contributed by atoms with Gasteiger partial charge in [0.1, 0.15) is 11.5 Å². The Kier molecular flexibility index (Phi) is 12.9. The maximum atomic E-state index is 7.60. The molecule has 4 aliphatic rings. The number of unbranched alkanes of at least 4 members (excludes halogenated alkanes) is 3. The van der Waals surface area contributed by atoms with Crippen molar-refractivity contribution in [3.63, 3.8) is 0 Å². The van der Waals surface area contributed by atoms with E-state index in [1.54, 1.807) is 0 Å². The number of aryl methyl sites for hydroxylation is 1. The zero-order valence-electron chi connectivity index (χ0n) is 49.9. The maximum absolute atomic E-state index is 7.60. The molecule has 3 aliphatic heterocycles. The van der Waals surface area contributed by atoms with E-state index in [1.807, 2.05) is 0 Å². The van der Waals surface area contributed by atoms with Crippen LogP contribution in [-0.2, 0) is 11.8 Å². The summed E-state index contributed by atoms with van der Waals surface area (Å²) in [7, 11) is 0. The second kappa shape index (κ2) is 21.3. The molecule has 5 heteroatoms. The lowest BCUT2D eigenvalue weighted by atomic mass is 9.34. The van der Waals surface area contributed by atoms with Gasteiger partial charge >= 0.3 is 0 Å². The van der Waals surface area contributed by atoms with Crippen molar-refractivity contribution >= 4 is 73.3 Å². The van der Waals surface area contributed by atoms with Gasteiger partial charge in [-0.15, -0.1) is 0 Å². The molecule has 0 fully saturated rings. The molecule has 0 N–H and O–H groups in total. The van der Waals surface area contributed by atoms with E-state index in [2.05, 4.69) is 309 Å². The first-order valence-corrected chi connectivity index (χ1v) is 31.4. The Morgan fingerprint density at radius 1 is 0.460 bits per heavy atom. The number of anilines is 5. The maximum Gasteiger partial charge on any atom is 0.256 e. The summed E-state index contributed by atoms with van der Waals surface area (Å²) in [5.41, 5.74) is 26.2. The predicted molar refractivity (Wildman–Crippen MR) is 368 cm³/mol. The van der Waals surface area contributed by atoms with Crippen LogP contribution >= 0.6 is 0 Å². The Hall–Kier alpha value is -9.84. The number of ether oxygens (including phenoxy) is 1. The van der Waals surface area contributed by atoms with Gasteiger partial charge in [0, 0.05) is 62.3 Å². The van der Waals surface area contributed by atoms with E-state index in [1.165, 1.54) is 125 Å². The Balaban J connectivity index is 0.982. The Morgan fingerprint density at radius 3 is 1.69 bits per heavy atom. The third-order valence-corrected chi connectivity index (χ3v) is 19.0. The Morgan fingerprint density at radius 2 is 1.03 bits per heavy atom. The molecule has 0 radical (unpaired) electrons. The Bertz CT molecular complexity index is 4540. The van der Waals surface area contributed by atoms with Gasteiger partial charge in [0.25, 0.3) is 6.71 Å². The number of benzene rings is 11. The van der Waals surface area contributed by atoms with E-state index >= 15 is 0 Å². The molecule has 0 bridgehead atoms. The van der Waals surface area contributed by atoms with E-state index in [-0.39, 0.29) is 24.1 Å². The van der Waals surface area contributed by atoms with Gasteiger partial charge in [-0.1, -0.05) is 247 Å². The monoisotopic (exact) mass is 1120 g/mol. The summed E-state index contributed by atoms with van der Waals surface area (Å²) in [4.78, 5) is 5.29. The van der Waals surface area contributed by atoms with Crippen LogP contribution in [0.4, 0.5) is 28.4 Å². The average molecular weight is 1120 g/mol. The lowest BCUT2D eigenvalue weighted by Crippen LogP contribution is -2.59. The minimum atomic E-state index is -0.178. The third-order valence-electron chi connectivity index (χ3n) is 19.0. The van der Waals surface area contributed by atoms with Crippen molar-refractivity contribution in [3.05, 3.63) is 284 Å². The van der Waals surface area contributed by atoms with Gasteiger partial charge in [0.05, 0.1) is 22.8 Å². The molecule has 1 aliphatic carbocycles. The standard InChI is InChI=1S/C82H68BN3O/c1-5-6-7-10-23-54-48-77-80-79(49-54)87-78-53-63(85-74-34-21-17-30-66(74)67-31-18-22-35-75(67)85)45-47-71(78)83(80)70-46-44-62(84-72-32-19-15-28-64(72)65-29-16-20-33-73(65)84)52-76(70)86(77)81-68(59-40-36-57(37-41-59)55-24-11-8-12-25-55)50-61(82(2,3)4)51-69(81)60-42-38-58(39-43-60)56-26-13-9-14-27-56/h8-9,11-22,24-53,64,72H,5-7,10,23H2,1-4H3. The van der Waals surface area contributed by atoms with Gasteiger partial charge < -0.3 is 19.1 Å². The summed E-state index contributed by atoms with van der Waals surface area (Å²) < 4.78 is 10.0. The SMILES string of the molecule is CCCCCCc1cc2c3c(c1)N(c1c(-c4ccc(-c5ccccc5)cc4)cc(C(C)(C)C)cc1-c1ccc(-c4ccccc4)cc1)c1cc(N4c5ccccc5C5C=CC=CC54)ccc1B3c1ccc(-n3c4ccccc4c4ccccc43)cc1O2. The molecule has 12 aromatic rings. The number of para-hydroxylation sites is 3. The number of hydrogen-bond acceptors (Lipinski definition) is 3. The highest BCUT2D eigenvalue weighted by Gasteiger charge is 2.45. The molecule has 1 aromatic heterocycles. The molecular weight excluding hydrogens is 1050 g/mol. The molecule has 11 aromatic carbocycles. The molecule has 4 heterocycles. The first kappa shape index (κ1) is 52.7. The van der Waals surface area contributed by atoms with Crippen molar-refractivity contribution in [1.29, 1.82) is 0 Å². The van der Waals surface area contributed by atoms with Gasteiger partial charge in [0.2, 0.25) is 0 Å². The van der Waals surface area contributed by atoms with Crippen LogP contribution in [-0.4, -0.2) is 17.3 Å². The molecule has 2 unspecified atom stereocenters. The molecule has 0 saturated heterocycles. The summed E-state index contributed by atoms with van der Waals surface area (Å²) in [5, 5.41) is 2.48. The molecule has 4 nitrogen and oxygen atoms in total. The number of rotatable bonds is 12. The van der Waals surface area contributed by atoms with E-state index < -0.39 is 0 Å². The van der Waals surface area contributed by atoms with Crippen molar-refractivity contribution < 1.29 is 4.74 Å². The van der Waals surface area contributed by atoms with Crippen LogP contribution in [0.2, 0.25) is 0 Å². The summed E-state index contributed by atoms with van der Waals surface area (Å²) in [5.74, 6) is 2.07. The molecule has 0 saturated carbocycles. The van der Waals surface area contributed by atoms with E-state index in [4.69, 9.17) is 4.74 Å². The smallest absolute Gasteiger partial charge is 0.256 e. The number of nitrogens with zero attached hydrogens (tertiary/aromatic N) is 3. The van der Waals surface area contributed by atoms with Crippen LogP contribution in [0, 0.1) is 0 Å².